The molecule has 1 aromatic carbocycles. The quantitative estimate of drug-likeness (QED) is 0.784. The Bertz CT molecular complexity index is 986. The Morgan fingerprint density at radius 2 is 2.03 bits per heavy atom. The first-order chi connectivity index (χ1) is 14.9. The second-order valence-corrected chi connectivity index (χ2v) is 9.05. The van der Waals surface area contributed by atoms with Crippen LogP contribution in [0.15, 0.2) is 30.5 Å². The number of halogens is 3. The third kappa shape index (κ3) is 4.29. The van der Waals surface area contributed by atoms with Gasteiger partial charge in [0.05, 0.1) is 18.3 Å². The monoisotopic (exact) mass is 447 g/mol. The van der Waals surface area contributed by atoms with Gasteiger partial charge in [0.2, 0.25) is 5.91 Å². The van der Waals surface area contributed by atoms with E-state index < -0.39 is 12.5 Å². The molecule has 2 aromatic rings. The molecule has 0 saturated carbocycles. The van der Waals surface area contributed by atoms with Gasteiger partial charge in [0.1, 0.15) is 0 Å². The Kier molecular flexibility index (Phi) is 5.40. The smallest absolute Gasteiger partial charge is 0.267 e. The number of hydrogen-bond acceptors (Lipinski definition) is 5. The van der Waals surface area contributed by atoms with Gasteiger partial charge in [-0.15, -0.1) is 0 Å². The van der Waals surface area contributed by atoms with Crippen molar-refractivity contribution < 1.29 is 13.6 Å². The molecular weight excluding hydrogens is 424 g/mol. The first kappa shape index (κ1) is 20.7. The van der Waals surface area contributed by atoms with Crippen LogP contribution >= 0.6 is 11.6 Å². The van der Waals surface area contributed by atoms with Crippen LogP contribution in [0.2, 0.25) is 5.02 Å². The van der Waals surface area contributed by atoms with Crippen LogP contribution < -0.4 is 5.32 Å². The molecule has 0 bridgehead atoms. The average Bonchev–Trinajstić information content (AvgIpc) is 3.40. The van der Waals surface area contributed by atoms with Crippen molar-refractivity contribution in [2.24, 2.45) is 0 Å². The number of carbonyl (C=O) groups excluding carboxylic acids is 1. The fourth-order valence-corrected chi connectivity index (χ4v) is 4.84. The summed E-state index contributed by atoms with van der Waals surface area (Å²) in [7, 11) is 0. The molecule has 9 heteroatoms. The van der Waals surface area contributed by atoms with Crippen LogP contribution in [-0.4, -0.2) is 69.9 Å². The Labute approximate surface area is 184 Å². The van der Waals surface area contributed by atoms with Crippen molar-refractivity contribution in [2.45, 2.75) is 43.8 Å². The lowest BCUT2D eigenvalue weighted by atomic mass is 10.0. The molecular formula is C22H24ClF2N5O. The zero-order chi connectivity index (χ0) is 21.6. The van der Waals surface area contributed by atoms with Gasteiger partial charge in [-0.2, -0.15) is 0 Å². The van der Waals surface area contributed by atoms with E-state index in [0.29, 0.717) is 23.8 Å². The molecule has 0 unspecified atom stereocenters. The fourth-order valence-electron chi connectivity index (χ4n) is 4.72. The molecule has 31 heavy (non-hydrogen) atoms. The third-order valence-corrected chi connectivity index (χ3v) is 6.72. The van der Waals surface area contributed by atoms with Crippen LogP contribution in [0.5, 0.6) is 0 Å². The molecule has 0 aliphatic carbocycles. The van der Waals surface area contributed by atoms with Gasteiger partial charge in [-0.05, 0) is 30.7 Å². The first-order valence-electron chi connectivity index (χ1n) is 10.6. The van der Waals surface area contributed by atoms with Gasteiger partial charge in [0, 0.05) is 67.4 Å². The standard InChI is InChI=1S/C22H24ClF2N5O/c23-16-3-1-14(2-4-16)20-27-10-15-12-29(7-5-18(15)28-20)17-9-19(26-11-17)21(31)30-8-6-22(24,25)13-30/h1-4,10,17,19,26H,5-9,11-13H2/t17-,19-/m0/s1. The third-order valence-electron chi connectivity index (χ3n) is 6.47. The summed E-state index contributed by atoms with van der Waals surface area (Å²) < 4.78 is 26.9. The molecule has 3 aliphatic heterocycles. The molecule has 3 aliphatic rings. The Balaban J connectivity index is 1.22. The van der Waals surface area contributed by atoms with Crippen LogP contribution in [0.3, 0.4) is 0 Å². The number of amides is 1. The molecule has 1 N–H and O–H groups in total. The van der Waals surface area contributed by atoms with E-state index in [1.165, 1.54) is 4.90 Å². The fraction of sp³-hybridized carbons (Fsp3) is 0.500. The summed E-state index contributed by atoms with van der Waals surface area (Å²) in [4.78, 5) is 25.6. The second-order valence-electron chi connectivity index (χ2n) is 8.61. The van der Waals surface area contributed by atoms with Gasteiger partial charge in [-0.3, -0.25) is 9.69 Å². The highest BCUT2D eigenvalue weighted by Gasteiger charge is 2.43. The summed E-state index contributed by atoms with van der Waals surface area (Å²) in [6.07, 6.45) is 3.09. The topological polar surface area (TPSA) is 61.4 Å². The molecule has 1 amide bonds. The van der Waals surface area contributed by atoms with Gasteiger partial charge < -0.3 is 10.2 Å². The van der Waals surface area contributed by atoms with Gasteiger partial charge in [-0.1, -0.05) is 11.6 Å². The van der Waals surface area contributed by atoms with Crippen molar-refractivity contribution in [1.29, 1.82) is 0 Å². The number of nitrogens with one attached hydrogen (secondary N) is 1. The molecule has 2 saturated heterocycles. The molecule has 0 radical (unpaired) electrons. The summed E-state index contributed by atoms with van der Waals surface area (Å²) in [5.74, 6) is -2.26. The predicted octanol–water partition coefficient (Wildman–Crippen LogP) is 2.75. The zero-order valence-electron chi connectivity index (χ0n) is 17.0. The van der Waals surface area contributed by atoms with E-state index >= 15 is 0 Å². The summed E-state index contributed by atoms with van der Waals surface area (Å²) in [5, 5.41) is 3.93. The van der Waals surface area contributed by atoms with E-state index in [1.54, 1.807) is 0 Å². The van der Waals surface area contributed by atoms with Crippen LogP contribution in [0, 0.1) is 0 Å². The maximum absolute atomic E-state index is 13.5. The van der Waals surface area contributed by atoms with Gasteiger partial charge in [0.25, 0.3) is 5.92 Å². The molecule has 4 heterocycles. The van der Waals surface area contributed by atoms with Crippen LogP contribution in [0.25, 0.3) is 11.4 Å². The lowest BCUT2D eigenvalue weighted by Crippen LogP contribution is -2.43. The van der Waals surface area contributed by atoms with E-state index in [9.17, 15) is 13.6 Å². The maximum Gasteiger partial charge on any atom is 0.267 e. The highest BCUT2D eigenvalue weighted by atomic mass is 35.5. The predicted molar refractivity (Wildman–Crippen MR) is 113 cm³/mol. The van der Waals surface area contributed by atoms with E-state index in [0.717, 1.165) is 36.3 Å². The van der Waals surface area contributed by atoms with Crippen molar-refractivity contribution in [3.63, 3.8) is 0 Å². The number of aromatic nitrogens is 2. The van der Waals surface area contributed by atoms with Crippen LogP contribution in [-0.2, 0) is 17.8 Å². The molecule has 6 nitrogen and oxygen atoms in total. The molecule has 1 aromatic heterocycles. The van der Waals surface area contributed by atoms with Crippen molar-refractivity contribution in [3.05, 3.63) is 46.7 Å². The van der Waals surface area contributed by atoms with Gasteiger partial charge in [0.15, 0.2) is 5.82 Å². The van der Waals surface area contributed by atoms with Crippen molar-refractivity contribution in [3.8, 4) is 11.4 Å². The summed E-state index contributed by atoms with van der Waals surface area (Å²) in [6, 6.07) is 7.29. The van der Waals surface area contributed by atoms with Gasteiger partial charge >= 0.3 is 0 Å². The lowest BCUT2D eigenvalue weighted by molar-refractivity contribution is -0.133. The summed E-state index contributed by atoms with van der Waals surface area (Å²) >= 11 is 5.96. The minimum absolute atomic E-state index is 0.138. The Hall–Kier alpha value is -2.16. The number of hydrogen-bond donors (Lipinski definition) is 1. The van der Waals surface area contributed by atoms with Crippen LogP contribution in [0.4, 0.5) is 8.78 Å². The van der Waals surface area contributed by atoms with E-state index in [1.807, 2.05) is 30.5 Å². The molecule has 164 valence electrons. The average molecular weight is 448 g/mol. The SMILES string of the molecule is O=C([C@@H]1C[C@H](N2CCc3nc(-c4ccc(Cl)cc4)ncc3C2)CN1)N1CCC(F)(F)C1. The van der Waals surface area contributed by atoms with E-state index in [4.69, 9.17) is 16.6 Å². The molecule has 2 fully saturated rings. The highest BCUT2D eigenvalue weighted by Crippen LogP contribution is 2.29. The number of likely N-dealkylation sites (tertiary alicyclic amines) is 1. The van der Waals surface area contributed by atoms with Crippen molar-refractivity contribution in [2.75, 3.05) is 26.2 Å². The Morgan fingerprint density at radius 1 is 1.23 bits per heavy atom. The summed E-state index contributed by atoms with van der Waals surface area (Å²) in [6.45, 7) is 1.93. The second kappa shape index (κ2) is 8.07. The van der Waals surface area contributed by atoms with E-state index in [-0.39, 0.29) is 31.0 Å². The first-order valence-corrected chi connectivity index (χ1v) is 11.0. The lowest BCUT2D eigenvalue weighted by Gasteiger charge is -2.32. The molecule has 0 spiro atoms. The molecule has 5 rings (SSSR count). The highest BCUT2D eigenvalue weighted by molar-refractivity contribution is 6.30. The van der Waals surface area contributed by atoms with Crippen molar-refractivity contribution in [1.82, 2.24) is 25.1 Å². The summed E-state index contributed by atoms with van der Waals surface area (Å²) in [5.41, 5.74) is 3.08. The maximum atomic E-state index is 13.5. The number of alkyl halides is 2. The minimum atomic E-state index is -2.75. The van der Waals surface area contributed by atoms with Crippen molar-refractivity contribution >= 4 is 17.5 Å². The number of carbonyl (C=O) groups is 1. The molecule has 2 atom stereocenters. The largest absolute Gasteiger partial charge is 0.335 e. The number of nitrogens with zero attached hydrogens (tertiary/aromatic N) is 4. The number of fused-ring (bicyclic) bond motifs is 1. The van der Waals surface area contributed by atoms with Crippen LogP contribution in [0.1, 0.15) is 24.1 Å². The Morgan fingerprint density at radius 3 is 2.77 bits per heavy atom. The van der Waals surface area contributed by atoms with E-state index in [2.05, 4.69) is 15.2 Å². The normalized spacial score (nSPS) is 25.6. The number of benzene rings is 1. The number of rotatable bonds is 3. The zero-order valence-corrected chi connectivity index (χ0v) is 17.8. The minimum Gasteiger partial charge on any atom is -0.335 e. The van der Waals surface area contributed by atoms with Gasteiger partial charge in [-0.25, -0.2) is 18.7 Å².